The number of hydrogen-bond acceptors (Lipinski definition) is 5. The van der Waals surface area contributed by atoms with E-state index in [-0.39, 0.29) is 5.91 Å². The van der Waals surface area contributed by atoms with Crippen LogP contribution in [0.25, 0.3) is 10.8 Å². The Hall–Kier alpha value is -2.60. The van der Waals surface area contributed by atoms with E-state index in [2.05, 4.69) is 15.2 Å². The highest BCUT2D eigenvalue weighted by Gasteiger charge is 2.21. The monoisotopic (exact) mass is 353 g/mol. The van der Waals surface area contributed by atoms with E-state index in [1.807, 2.05) is 41.8 Å². The first-order valence-corrected chi connectivity index (χ1v) is 9.27. The average molecular weight is 353 g/mol. The molecule has 5 nitrogen and oxygen atoms in total. The lowest BCUT2D eigenvalue weighted by Gasteiger charge is -2.21. The maximum absolute atomic E-state index is 12.7. The van der Waals surface area contributed by atoms with Crippen LogP contribution in [0, 0.1) is 6.92 Å². The zero-order chi connectivity index (χ0) is 17.2. The van der Waals surface area contributed by atoms with Crippen LogP contribution in [-0.2, 0) is 0 Å². The first kappa shape index (κ1) is 15.9. The topological polar surface area (TPSA) is 58.4 Å². The van der Waals surface area contributed by atoms with Crippen molar-refractivity contribution in [3.63, 3.8) is 0 Å². The molecule has 0 bridgehead atoms. The minimum atomic E-state index is -0.240. The van der Waals surface area contributed by atoms with E-state index in [1.54, 1.807) is 6.92 Å². The summed E-state index contributed by atoms with van der Waals surface area (Å²) in [6.45, 7) is 3.82. The third-order valence-corrected chi connectivity index (χ3v) is 5.20. The van der Waals surface area contributed by atoms with Gasteiger partial charge in [-0.25, -0.2) is 4.98 Å². The quantitative estimate of drug-likeness (QED) is 0.747. The molecule has 1 saturated heterocycles. The normalized spacial score (nSPS) is 14.0. The van der Waals surface area contributed by atoms with Gasteiger partial charge >= 0.3 is 0 Å². The van der Waals surface area contributed by atoms with Crippen LogP contribution < -0.4 is 10.2 Å². The fourth-order valence-corrected chi connectivity index (χ4v) is 3.76. The van der Waals surface area contributed by atoms with Gasteiger partial charge in [0.15, 0.2) is 5.69 Å². The van der Waals surface area contributed by atoms with Crippen molar-refractivity contribution in [3.8, 4) is 10.8 Å². The zero-order valence-corrected chi connectivity index (χ0v) is 14.8. The van der Waals surface area contributed by atoms with Crippen molar-refractivity contribution in [2.45, 2.75) is 19.8 Å². The Bertz CT molecular complexity index is 880. The molecular weight excluding hydrogens is 334 g/mol. The lowest BCUT2D eigenvalue weighted by molar-refractivity contribution is 0.102. The summed E-state index contributed by atoms with van der Waals surface area (Å²) in [7, 11) is 0. The number of anilines is 2. The van der Waals surface area contributed by atoms with E-state index in [0.29, 0.717) is 17.3 Å². The molecule has 0 saturated carbocycles. The molecule has 3 aromatic rings. The second-order valence-corrected chi connectivity index (χ2v) is 7.01. The van der Waals surface area contributed by atoms with Crippen LogP contribution in [0.3, 0.4) is 0 Å². The molecule has 1 fully saturated rings. The number of benzene rings is 1. The van der Waals surface area contributed by atoms with Gasteiger partial charge in [0.2, 0.25) is 5.89 Å². The lowest BCUT2D eigenvalue weighted by Crippen LogP contribution is -2.21. The number of amides is 1. The van der Waals surface area contributed by atoms with Gasteiger partial charge in [0, 0.05) is 13.1 Å². The van der Waals surface area contributed by atoms with Crippen molar-refractivity contribution >= 4 is 28.6 Å². The second kappa shape index (κ2) is 6.72. The zero-order valence-electron chi connectivity index (χ0n) is 14.0. The molecule has 0 unspecified atom stereocenters. The molecule has 1 N–H and O–H groups in total. The van der Waals surface area contributed by atoms with Crippen LogP contribution in [0.1, 0.15) is 29.1 Å². The van der Waals surface area contributed by atoms with E-state index in [0.717, 1.165) is 29.3 Å². The molecule has 1 aliphatic heterocycles. The van der Waals surface area contributed by atoms with Crippen LogP contribution in [0.5, 0.6) is 0 Å². The Kier molecular flexibility index (Phi) is 4.28. The molecule has 0 aliphatic carbocycles. The predicted octanol–water partition coefficient (Wildman–Crippen LogP) is 4.56. The third-order valence-electron chi connectivity index (χ3n) is 4.34. The maximum atomic E-state index is 12.7. The summed E-state index contributed by atoms with van der Waals surface area (Å²) >= 11 is 1.54. The summed E-state index contributed by atoms with van der Waals surface area (Å²) in [6.07, 6.45) is 2.38. The number of oxazole rings is 1. The molecule has 0 radical (unpaired) electrons. The van der Waals surface area contributed by atoms with Crippen LogP contribution >= 0.6 is 11.3 Å². The number of carbonyl (C=O) groups is 1. The molecule has 1 aliphatic rings. The number of aryl methyl sites for hydroxylation is 1. The Labute approximate surface area is 150 Å². The standard InChI is InChI=1S/C19H19N3O2S/c1-13-17(21-19(24-13)16-9-6-12-25-16)18(23)20-14-7-2-3-8-15(14)22-10-4-5-11-22/h2-3,6-9,12H,4-5,10-11H2,1H3,(H,20,23). The van der Waals surface area contributed by atoms with Crippen molar-refractivity contribution in [3.05, 3.63) is 53.2 Å². The molecule has 0 spiro atoms. The number of para-hydroxylation sites is 2. The molecule has 3 heterocycles. The number of carbonyl (C=O) groups excluding carboxylic acids is 1. The fourth-order valence-electron chi connectivity index (χ4n) is 3.11. The highest BCUT2D eigenvalue weighted by molar-refractivity contribution is 7.13. The van der Waals surface area contributed by atoms with Gasteiger partial charge in [-0.1, -0.05) is 18.2 Å². The van der Waals surface area contributed by atoms with Crippen LogP contribution in [-0.4, -0.2) is 24.0 Å². The summed E-state index contributed by atoms with van der Waals surface area (Å²) in [6, 6.07) is 11.8. The van der Waals surface area contributed by atoms with Crippen molar-refractivity contribution < 1.29 is 9.21 Å². The molecule has 6 heteroatoms. The van der Waals surface area contributed by atoms with Crippen molar-refractivity contribution in [2.75, 3.05) is 23.3 Å². The molecular formula is C19H19N3O2S. The van der Waals surface area contributed by atoms with Crippen LogP contribution in [0.4, 0.5) is 11.4 Å². The maximum Gasteiger partial charge on any atom is 0.277 e. The minimum absolute atomic E-state index is 0.240. The van der Waals surface area contributed by atoms with Gasteiger partial charge in [-0.15, -0.1) is 11.3 Å². The van der Waals surface area contributed by atoms with Gasteiger partial charge in [0.1, 0.15) is 5.76 Å². The third kappa shape index (κ3) is 3.17. The Morgan fingerprint density at radius 2 is 2.00 bits per heavy atom. The van der Waals surface area contributed by atoms with Gasteiger partial charge in [-0.2, -0.15) is 0 Å². The Morgan fingerprint density at radius 1 is 1.20 bits per heavy atom. The SMILES string of the molecule is Cc1oc(-c2cccs2)nc1C(=O)Nc1ccccc1N1CCCC1. The number of nitrogens with zero attached hydrogens (tertiary/aromatic N) is 2. The van der Waals surface area contributed by atoms with E-state index >= 15 is 0 Å². The average Bonchev–Trinajstić information content (AvgIpc) is 3.37. The largest absolute Gasteiger partial charge is 0.440 e. The molecule has 25 heavy (non-hydrogen) atoms. The smallest absolute Gasteiger partial charge is 0.277 e. The molecule has 1 aromatic carbocycles. The first-order valence-electron chi connectivity index (χ1n) is 8.39. The summed E-state index contributed by atoms with van der Waals surface area (Å²) < 4.78 is 5.68. The van der Waals surface area contributed by atoms with Gasteiger partial charge in [-0.3, -0.25) is 4.79 Å². The number of hydrogen-bond donors (Lipinski definition) is 1. The first-order chi connectivity index (χ1) is 12.2. The second-order valence-electron chi connectivity index (χ2n) is 6.07. The number of thiophene rings is 1. The molecule has 4 rings (SSSR count). The molecule has 0 atom stereocenters. The minimum Gasteiger partial charge on any atom is -0.440 e. The fraction of sp³-hybridized carbons (Fsp3) is 0.263. The van der Waals surface area contributed by atoms with Crippen LogP contribution in [0.2, 0.25) is 0 Å². The van der Waals surface area contributed by atoms with Gasteiger partial charge in [0.25, 0.3) is 5.91 Å². The number of aromatic nitrogens is 1. The highest BCUT2D eigenvalue weighted by Crippen LogP contribution is 2.30. The van der Waals surface area contributed by atoms with Crippen molar-refractivity contribution in [1.82, 2.24) is 4.98 Å². The molecule has 128 valence electrons. The van der Waals surface area contributed by atoms with E-state index < -0.39 is 0 Å². The van der Waals surface area contributed by atoms with E-state index in [9.17, 15) is 4.79 Å². The van der Waals surface area contributed by atoms with Crippen molar-refractivity contribution in [1.29, 1.82) is 0 Å². The summed E-state index contributed by atoms with van der Waals surface area (Å²) in [5.41, 5.74) is 2.21. The Balaban J connectivity index is 1.59. The van der Waals surface area contributed by atoms with Gasteiger partial charge < -0.3 is 14.6 Å². The van der Waals surface area contributed by atoms with E-state index in [1.165, 1.54) is 24.2 Å². The predicted molar refractivity (Wildman–Crippen MR) is 100 cm³/mol. The van der Waals surface area contributed by atoms with Crippen molar-refractivity contribution in [2.24, 2.45) is 0 Å². The summed E-state index contributed by atoms with van der Waals surface area (Å²) in [5.74, 6) is 0.778. The number of nitrogens with one attached hydrogen (secondary N) is 1. The highest BCUT2D eigenvalue weighted by atomic mass is 32.1. The molecule has 2 aromatic heterocycles. The lowest BCUT2D eigenvalue weighted by atomic mass is 10.2. The molecule has 1 amide bonds. The number of rotatable bonds is 4. The van der Waals surface area contributed by atoms with Crippen LogP contribution in [0.15, 0.2) is 46.2 Å². The Morgan fingerprint density at radius 3 is 2.76 bits per heavy atom. The van der Waals surface area contributed by atoms with Gasteiger partial charge in [-0.05, 0) is 43.3 Å². The summed E-state index contributed by atoms with van der Waals surface area (Å²) in [4.78, 5) is 20.4. The summed E-state index contributed by atoms with van der Waals surface area (Å²) in [5, 5.41) is 4.96. The van der Waals surface area contributed by atoms with Gasteiger partial charge in [0.05, 0.1) is 16.3 Å². The van der Waals surface area contributed by atoms with E-state index in [4.69, 9.17) is 4.42 Å².